The molecule has 58 valence electrons. The van der Waals surface area contributed by atoms with Gasteiger partial charge < -0.3 is 0 Å². The molecule has 0 unspecified atom stereocenters. The van der Waals surface area contributed by atoms with Crippen LogP contribution >= 0.6 is 0 Å². The second kappa shape index (κ2) is 85.2. The summed E-state index contributed by atoms with van der Waals surface area (Å²) < 4.78 is 0. The van der Waals surface area contributed by atoms with E-state index < -0.39 is 0 Å². The van der Waals surface area contributed by atoms with E-state index in [4.69, 9.17) is 0 Å². The average molecular weight is 146 g/mol. The Bertz CT molecular complexity index is 4.35. The van der Waals surface area contributed by atoms with Crippen LogP contribution in [0.1, 0.15) is 49.0 Å². The van der Waals surface area contributed by atoms with Crippen LogP contribution in [0, 0.1) is 37.7 Å². The van der Waals surface area contributed by atoms with Crippen LogP contribution in [-0.4, -0.2) is 0 Å². The number of hydrogen-bond acceptors (Lipinski definition) is 0. The maximum absolute atomic E-state index is 2.12. The SMILES string of the molecule is C.C.CC.CCC.[Ar]. The molecule has 0 rings (SSSR count). The predicted molar refractivity (Wildman–Crippen MR) is 40.8 cm³/mol. The molecule has 0 aliphatic carbocycles. The van der Waals surface area contributed by atoms with Crippen molar-refractivity contribution in [1.82, 2.24) is 0 Å². The fourth-order valence-corrected chi connectivity index (χ4v) is 0. The van der Waals surface area contributed by atoms with Crippen molar-refractivity contribution >= 4 is 0 Å². The molecule has 0 aromatic heterocycles. The zero-order valence-electron chi connectivity index (χ0n) is 5.06. The van der Waals surface area contributed by atoms with Crippen molar-refractivity contribution in [3.63, 3.8) is 0 Å². The van der Waals surface area contributed by atoms with Gasteiger partial charge in [-0.3, -0.25) is 0 Å². The maximum atomic E-state index is 2.12. The van der Waals surface area contributed by atoms with Crippen LogP contribution in [0.5, 0.6) is 0 Å². The topological polar surface area (TPSA) is 0 Å². The van der Waals surface area contributed by atoms with Gasteiger partial charge in [0.15, 0.2) is 0 Å². The van der Waals surface area contributed by atoms with Gasteiger partial charge in [-0.05, 0) is 0 Å². The molecule has 0 saturated carbocycles. The Balaban J connectivity index is -0.00000000567. The van der Waals surface area contributed by atoms with Gasteiger partial charge in [-0.1, -0.05) is 49.0 Å². The zero-order chi connectivity index (χ0) is 4.71. The third-order valence-corrected chi connectivity index (χ3v) is 0. The van der Waals surface area contributed by atoms with Crippen LogP contribution in [0.15, 0.2) is 0 Å². The van der Waals surface area contributed by atoms with Crippen LogP contribution in [-0.2, 0) is 0 Å². The molecular formula is C7H22Ar. The molecule has 0 radical (unpaired) electrons. The molecule has 0 bridgehead atoms. The smallest absolute Gasteiger partial charge is 0 e. The summed E-state index contributed by atoms with van der Waals surface area (Å²) in [5.41, 5.74) is 0. The number of rotatable bonds is 0. The van der Waals surface area contributed by atoms with Gasteiger partial charge in [0, 0.05) is 37.7 Å². The summed E-state index contributed by atoms with van der Waals surface area (Å²) in [4.78, 5) is 0. The third-order valence-electron chi connectivity index (χ3n) is 0. The first-order chi connectivity index (χ1) is 2.41. The molecule has 0 aliphatic rings. The van der Waals surface area contributed by atoms with Crippen molar-refractivity contribution in [2.24, 2.45) is 0 Å². The van der Waals surface area contributed by atoms with Gasteiger partial charge in [0.05, 0.1) is 0 Å². The van der Waals surface area contributed by atoms with Crippen molar-refractivity contribution in [3.8, 4) is 0 Å². The largest absolute Gasteiger partial charge is 0.0776 e. The summed E-state index contributed by atoms with van der Waals surface area (Å²) in [6, 6.07) is 0. The Morgan fingerprint density at radius 3 is 0.875 bits per heavy atom. The fourth-order valence-electron chi connectivity index (χ4n) is 0. The summed E-state index contributed by atoms with van der Waals surface area (Å²) in [5.74, 6) is 0. The van der Waals surface area contributed by atoms with Crippen molar-refractivity contribution in [3.05, 3.63) is 0 Å². The Hall–Kier alpha value is 1.26. The van der Waals surface area contributed by atoms with Crippen molar-refractivity contribution < 1.29 is 37.7 Å². The molecule has 0 N–H and O–H groups in total. The van der Waals surface area contributed by atoms with E-state index in [0.717, 1.165) is 0 Å². The standard InChI is InChI=1S/C3H8.C2H6.2CH4.Ar/c1-3-2;1-2;;;/h3H2,1-2H3;1-2H3;2*1H4;. The zero-order valence-corrected chi connectivity index (χ0v) is 5.77. The van der Waals surface area contributed by atoms with Crippen LogP contribution < -0.4 is 0 Å². The van der Waals surface area contributed by atoms with E-state index >= 15 is 0 Å². The van der Waals surface area contributed by atoms with Gasteiger partial charge in [0.25, 0.3) is 0 Å². The van der Waals surface area contributed by atoms with Crippen LogP contribution in [0.25, 0.3) is 0 Å². The Labute approximate surface area is 86.1 Å². The molecule has 0 aliphatic heterocycles. The minimum atomic E-state index is 0. The summed E-state index contributed by atoms with van der Waals surface area (Å²) in [7, 11) is 0. The second-order valence-electron chi connectivity index (χ2n) is 0.707. The van der Waals surface area contributed by atoms with Gasteiger partial charge in [0.2, 0.25) is 0 Å². The minimum Gasteiger partial charge on any atom is -0.0776 e. The summed E-state index contributed by atoms with van der Waals surface area (Å²) >= 11 is 0. The second-order valence-corrected chi connectivity index (χ2v) is 0.707. The van der Waals surface area contributed by atoms with E-state index in [2.05, 4.69) is 13.8 Å². The third kappa shape index (κ3) is 179. The van der Waals surface area contributed by atoms with E-state index in [1.165, 1.54) is 6.42 Å². The Morgan fingerprint density at radius 2 is 0.875 bits per heavy atom. The molecule has 8 heavy (non-hydrogen) atoms. The minimum absolute atomic E-state index is 0. The molecular weight excluding hydrogens is 124 g/mol. The van der Waals surface area contributed by atoms with Crippen LogP contribution in [0.2, 0.25) is 0 Å². The molecule has 0 amide bonds. The van der Waals surface area contributed by atoms with Gasteiger partial charge in [0.1, 0.15) is 0 Å². The fraction of sp³-hybridized carbons (Fsp3) is 1.00. The van der Waals surface area contributed by atoms with Gasteiger partial charge >= 0.3 is 0 Å². The normalized spacial score (nSPS) is 3.00. The van der Waals surface area contributed by atoms with Gasteiger partial charge in [-0.15, -0.1) is 0 Å². The Kier molecular flexibility index (Phi) is 371. The monoisotopic (exact) mass is 146 g/mol. The van der Waals surface area contributed by atoms with Crippen LogP contribution in [0.3, 0.4) is 0 Å². The van der Waals surface area contributed by atoms with Crippen molar-refractivity contribution in [1.29, 1.82) is 0 Å². The van der Waals surface area contributed by atoms with E-state index in [1.807, 2.05) is 13.8 Å². The van der Waals surface area contributed by atoms with E-state index in [-0.39, 0.29) is 52.6 Å². The number of hydrogen-bond donors (Lipinski definition) is 0. The first-order valence-electron chi connectivity index (χ1n) is 2.41. The molecule has 0 spiro atoms. The van der Waals surface area contributed by atoms with Crippen molar-refractivity contribution in [2.75, 3.05) is 0 Å². The molecule has 0 fully saturated rings. The molecule has 0 aromatic carbocycles. The van der Waals surface area contributed by atoms with Crippen molar-refractivity contribution in [2.45, 2.75) is 49.0 Å². The summed E-state index contributed by atoms with van der Waals surface area (Å²) in [6.07, 6.45) is 1.25. The first kappa shape index (κ1) is 34.8. The molecule has 0 atom stereocenters. The first-order valence-corrected chi connectivity index (χ1v) is 2.41. The van der Waals surface area contributed by atoms with Gasteiger partial charge in [-0.25, -0.2) is 0 Å². The summed E-state index contributed by atoms with van der Waals surface area (Å²) in [5, 5.41) is 0. The van der Waals surface area contributed by atoms with E-state index in [0.29, 0.717) is 0 Å². The van der Waals surface area contributed by atoms with E-state index in [1.54, 1.807) is 0 Å². The quantitative estimate of drug-likeness (QED) is 0.488. The molecule has 0 heterocycles. The molecule has 0 nitrogen and oxygen atoms in total. The molecule has 0 aromatic rings. The van der Waals surface area contributed by atoms with Crippen LogP contribution in [0.4, 0.5) is 0 Å². The van der Waals surface area contributed by atoms with Gasteiger partial charge in [-0.2, -0.15) is 0 Å². The summed E-state index contributed by atoms with van der Waals surface area (Å²) in [6.45, 7) is 8.25. The maximum Gasteiger partial charge on any atom is 0 e. The Morgan fingerprint density at radius 1 is 0.875 bits per heavy atom. The molecule has 1 heteroatoms. The molecule has 0 saturated heterocycles. The predicted octanol–water partition coefficient (Wildman–Crippen LogP) is 3.71. The average Bonchev–Trinajstić information content (AvgIpc) is 1.46. The van der Waals surface area contributed by atoms with E-state index in [9.17, 15) is 0 Å².